The highest BCUT2D eigenvalue weighted by atomic mass is 16.5. The van der Waals surface area contributed by atoms with E-state index in [1.165, 1.54) is 6.20 Å². The number of carbonyl (C=O) groups is 1. The van der Waals surface area contributed by atoms with Gasteiger partial charge in [-0.3, -0.25) is 19.1 Å². The molecular formula is C10H12N2O5. The minimum atomic E-state index is -1.42. The summed E-state index contributed by atoms with van der Waals surface area (Å²) in [7, 11) is 0. The second-order valence-electron chi connectivity index (χ2n) is 3.90. The zero-order valence-corrected chi connectivity index (χ0v) is 8.96. The molecular weight excluding hydrogens is 228 g/mol. The lowest BCUT2D eigenvalue weighted by atomic mass is 10.1. The summed E-state index contributed by atoms with van der Waals surface area (Å²) < 4.78 is 6.42. The predicted octanol–water partition coefficient (Wildman–Crippen LogP) is -1.44. The van der Waals surface area contributed by atoms with Crippen LogP contribution in [0.25, 0.3) is 0 Å². The van der Waals surface area contributed by atoms with Crippen molar-refractivity contribution in [1.29, 1.82) is 0 Å². The third kappa shape index (κ3) is 1.94. The molecule has 17 heavy (non-hydrogen) atoms. The van der Waals surface area contributed by atoms with Gasteiger partial charge in [0.25, 0.3) is 5.56 Å². The molecule has 0 aliphatic carbocycles. The fourth-order valence-corrected chi connectivity index (χ4v) is 1.94. The van der Waals surface area contributed by atoms with Crippen LogP contribution < -0.4 is 11.2 Å². The normalized spacial score (nSPS) is 28.2. The molecule has 2 heterocycles. The number of hydrogen-bond donors (Lipinski definition) is 2. The maximum absolute atomic E-state index is 11.6. The number of aliphatic hydroxyl groups is 1. The van der Waals surface area contributed by atoms with E-state index in [0.717, 1.165) is 10.6 Å². The molecule has 0 unspecified atom stereocenters. The van der Waals surface area contributed by atoms with Crippen molar-refractivity contribution in [2.24, 2.45) is 0 Å². The van der Waals surface area contributed by atoms with Crippen molar-refractivity contribution in [3.05, 3.63) is 33.1 Å². The van der Waals surface area contributed by atoms with E-state index in [1.54, 1.807) is 0 Å². The molecule has 1 aliphatic rings. The van der Waals surface area contributed by atoms with Gasteiger partial charge < -0.3 is 9.84 Å². The molecule has 0 amide bonds. The zero-order valence-electron chi connectivity index (χ0n) is 8.96. The highest BCUT2D eigenvalue weighted by Gasteiger charge is 2.42. The minimum Gasteiger partial charge on any atom is -0.394 e. The van der Waals surface area contributed by atoms with Gasteiger partial charge in [-0.15, -0.1) is 0 Å². The lowest BCUT2D eigenvalue weighted by molar-refractivity contribution is -0.147. The number of H-pyrrole nitrogens is 1. The molecule has 1 aromatic rings. The molecule has 0 saturated carbocycles. The molecule has 0 aromatic carbocycles. The number of ether oxygens (including phenoxy) is 1. The lowest BCUT2D eigenvalue weighted by Crippen LogP contribution is -2.45. The van der Waals surface area contributed by atoms with E-state index >= 15 is 0 Å². The molecule has 7 nitrogen and oxygen atoms in total. The van der Waals surface area contributed by atoms with E-state index in [9.17, 15) is 14.4 Å². The Bertz CT molecular complexity index is 534. The summed E-state index contributed by atoms with van der Waals surface area (Å²) in [5, 5.41) is 8.97. The zero-order chi connectivity index (χ0) is 12.5. The van der Waals surface area contributed by atoms with Crippen molar-refractivity contribution >= 4 is 6.29 Å². The van der Waals surface area contributed by atoms with E-state index in [0.29, 0.717) is 12.7 Å². The first-order valence-corrected chi connectivity index (χ1v) is 5.19. The van der Waals surface area contributed by atoms with Gasteiger partial charge in [0.05, 0.1) is 12.7 Å². The van der Waals surface area contributed by atoms with Crippen LogP contribution >= 0.6 is 0 Å². The average Bonchev–Trinajstić information content (AvgIpc) is 2.74. The number of aromatic nitrogens is 2. The Morgan fingerprint density at radius 1 is 1.65 bits per heavy atom. The van der Waals surface area contributed by atoms with Gasteiger partial charge in [-0.2, -0.15) is 0 Å². The Morgan fingerprint density at radius 3 is 2.94 bits per heavy atom. The second-order valence-corrected chi connectivity index (χ2v) is 3.90. The van der Waals surface area contributed by atoms with Crippen LogP contribution in [0.3, 0.4) is 0 Å². The summed E-state index contributed by atoms with van der Waals surface area (Å²) in [6.45, 7) is -0.215. The molecule has 1 aliphatic heterocycles. The van der Waals surface area contributed by atoms with Crippen molar-refractivity contribution in [2.45, 2.75) is 24.7 Å². The molecule has 2 atom stereocenters. The van der Waals surface area contributed by atoms with E-state index < -0.39 is 23.1 Å². The van der Waals surface area contributed by atoms with Gasteiger partial charge in [0.15, 0.2) is 6.29 Å². The number of aldehydes is 1. The molecule has 7 heteroatoms. The van der Waals surface area contributed by atoms with Crippen LogP contribution in [0.1, 0.15) is 12.8 Å². The van der Waals surface area contributed by atoms with E-state index in [1.807, 2.05) is 0 Å². The number of aliphatic hydroxyl groups excluding tert-OH is 1. The second kappa shape index (κ2) is 4.27. The molecule has 92 valence electrons. The third-order valence-electron chi connectivity index (χ3n) is 2.81. The molecule has 2 N–H and O–H groups in total. The topological polar surface area (TPSA) is 101 Å². The number of rotatable bonds is 3. The van der Waals surface area contributed by atoms with Crippen LogP contribution in [0.5, 0.6) is 0 Å². The largest absolute Gasteiger partial charge is 0.394 e. The SMILES string of the molecule is O=C[C@]1(n2ccc(=O)[nH]c2=O)CC[C@@H](CO)O1. The summed E-state index contributed by atoms with van der Waals surface area (Å²) in [6, 6.07) is 1.14. The van der Waals surface area contributed by atoms with Crippen LogP contribution in [0.15, 0.2) is 21.9 Å². The molecule has 1 aromatic heterocycles. The van der Waals surface area contributed by atoms with E-state index in [4.69, 9.17) is 9.84 Å². The monoisotopic (exact) mass is 240 g/mol. The first kappa shape index (κ1) is 11.7. The Labute approximate surface area is 95.7 Å². The van der Waals surface area contributed by atoms with Gasteiger partial charge in [0.2, 0.25) is 5.72 Å². The quantitative estimate of drug-likeness (QED) is 0.630. The van der Waals surface area contributed by atoms with Crippen molar-refractivity contribution in [2.75, 3.05) is 6.61 Å². The number of nitrogens with zero attached hydrogens (tertiary/aromatic N) is 1. The Kier molecular flexibility index (Phi) is 2.95. The van der Waals surface area contributed by atoms with Gasteiger partial charge in [0, 0.05) is 18.7 Å². The predicted molar refractivity (Wildman–Crippen MR) is 56.6 cm³/mol. The molecule has 0 radical (unpaired) electrons. The summed E-state index contributed by atoms with van der Waals surface area (Å²) in [6.07, 6.45) is 2.02. The lowest BCUT2D eigenvalue weighted by Gasteiger charge is -2.24. The van der Waals surface area contributed by atoms with Crippen LogP contribution in [-0.4, -0.2) is 33.7 Å². The fourth-order valence-electron chi connectivity index (χ4n) is 1.94. The molecule has 0 bridgehead atoms. The van der Waals surface area contributed by atoms with Gasteiger partial charge in [-0.05, 0) is 6.42 Å². The van der Waals surface area contributed by atoms with Crippen LogP contribution in [0.4, 0.5) is 0 Å². The highest BCUT2D eigenvalue weighted by Crippen LogP contribution is 2.31. The van der Waals surface area contributed by atoms with Crippen molar-refractivity contribution in [1.82, 2.24) is 9.55 Å². The van der Waals surface area contributed by atoms with Crippen molar-refractivity contribution in [3.8, 4) is 0 Å². The van der Waals surface area contributed by atoms with Crippen LogP contribution in [0, 0.1) is 0 Å². The molecule has 0 spiro atoms. The Morgan fingerprint density at radius 2 is 2.41 bits per heavy atom. The number of carbonyl (C=O) groups excluding carboxylic acids is 1. The Hall–Kier alpha value is -1.73. The molecule has 2 rings (SSSR count). The smallest absolute Gasteiger partial charge is 0.331 e. The summed E-state index contributed by atoms with van der Waals surface area (Å²) in [4.78, 5) is 35.8. The van der Waals surface area contributed by atoms with Gasteiger partial charge in [0.1, 0.15) is 0 Å². The van der Waals surface area contributed by atoms with Gasteiger partial charge >= 0.3 is 5.69 Å². The number of nitrogens with one attached hydrogen (secondary N) is 1. The van der Waals surface area contributed by atoms with E-state index in [2.05, 4.69) is 4.98 Å². The first-order valence-electron chi connectivity index (χ1n) is 5.19. The minimum absolute atomic E-state index is 0.215. The molecule has 1 fully saturated rings. The Balaban J connectivity index is 2.46. The number of hydrogen-bond acceptors (Lipinski definition) is 5. The van der Waals surface area contributed by atoms with Crippen LogP contribution in [0.2, 0.25) is 0 Å². The fraction of sp³-hybridized carbons (Fsp3) is 0.500. The highest BCUT2D eigenvalue weighted by molar-refractivity contribution is 5.60. The molecule has 1 saturated heterocycles. The van der Waals surface area contributed by atoms with Crippen LogP contribution in [-0.2, 0) is 15.3 Å². The third-order valence-corrected chi connectivity index (χ3v) is 2.81. The van der Waals surface area contributed by atoms with E-state index in [-0.39, 0.29) is 13.0 Å². The van der Waals surface area contributed by atoms with Crippen molar-refractivity contribution in [3.63, 3.8) is 0 Å². The maximum atomic E-state index is 11.6. The standard InChI is InChI=1S/C10H12N2O5/c13-5-7-1-3-10(6-14,17-7)12-4-2-8(15)11-9(12)16/h2,4,6-7,13H,1,3,5H2,(H,11,15,16)/t7-,10-/m0/s1. The first-order chi connectivity index (χ1) is 8.11. The summed E-state index contributed by atoms with van der Waals surface area (Å²) in [5.74, 6) is 0. The average molecular weight is 240 g/mol. The summed E-state index contributed by atoms with van der Waals surface area (Å²) >= 11 is 0. The number of aromatic amines is 1. The van der Waals surface area contributed by atoms with Crippen molar-refractivity contribution < 1.29 is 14.6 Å². The summed E-state index contributed by atoms with van der Waals surface area (Å²) in [5.41, 5.74) is -2.67. The van der Waals surface area contributed by atoms with Gasteiger partial charge in [-0.25, -0.2) is 4.79 Å². The van der Waals surface area contributed by atoms with Gasteiger partial charge in [-0.1, -0.05) is 0 Å². The maximum Gasteiger partial charge on any atom is 0.331 e.